The van der Waals surface area contributed by atoms with Crippen molar-refractivity contribution >= 4 is 5.82 Å². The molecule has 0 N–H and O–H groups in total. The molecule has 1 aromatic rings. The molecule has 0 atom stereocenters. The first kappa shape index (κ1) is 11.8. The molecule has 1 aliphatic rings. The van der Waals surface area contributed by atoms with Gasteiger partial charge in [0, 0.05) is 32.1 Å². The van der Waals surface area contributed by atoms with E-state index in [9.17, 15) is 0 Å². The smallest absolute Gasteiger partial charge is 0.183 e. The lowest BCUT2D eigenvalue weighted by molar-refractivity contribution is 0.0458. The summed E-state index contributed by atoms with van der Waals surface area (Å²) in [5.41, 5.74) is 0.405. The van der Waals surface area contributed by atoms with Crippen LogP contribution in [0.1, 0.15) is 25.5 Å². The van der Waals surface area contributed by atoms with Crippen molar-refractivity contribution in [1.29, 1.82) is 5.26 Å². The monoisotopic (exact) mass is 232 g/mol. The van der Waals surface area contributed by atoms with Crippen molar-refractivity contribution in [3.63, 3.8) is 0 Å². The van der Waals surface area contributed by atoms with Gasteiger partial charge in [0.15, 0.2) is 11.5 Å². The van der Waals surface area contributed by atoms with E-state index in [-0.39, 0.29) is 0 Å². The van der Waals surface area contributed by atoms with Crippen LogP contribution in [0.25, 0.3) is 0 Å². The number of hydrogen-bond acceptors (Lipinski definition) is 5. The summed E-state index contributed by atoms with van der Waals surface area (Å²) < 4.78 is 5.60. The van der Waals surface area contributed by atoms with Gasteiger partial charge >= 0.3 is 0 Å². The molecule has 0 spiro atoms. The summed E-state index contributed by atoms with van der Waals surface area (Å²) >= 11 is 0. The third-order valence-electron chi connectivity index (χ3n) is 2.93. The van der Waals surface area contributed by atoms with Gasteiger partial charge in [-0.3, -0.25) is 0 Å². The van der Waals surface area contributed by atoms with Gasteiger partial charge in [0.25, 0.3) is 0 Å². The molecule has 1 aliphatic heterocycles. The van der Waals surface area contributed by atoms with Gasteiger partial charge in [0.1, 0.15) is 6.07 Å². The maximum absolute atomic E-state index is 8.98. The minimum atomic E-state index is 0.346. The molecule has 5 nitrogen and oxygen atoms in total. The van der Waals surface area contributed by atoms with E-state index in [2.05, 4.69) is 20.9 Å². The van der Waals surface area contributed by atoms with Gasteiger partial charge in [0.05, 0.1) is 6.10 Å². The molecule has 2 rings (SSSR count). The van der Waals surface area contributed by atoms with Gasteiger partial charge in [-0.2, -0.15) is 5.26 Å². The van der Waals surface area contributed by atoms with Crippen LogP contribution >= 0.6 is 0 Å². The Labute approximate surface area is 101 Å². The van der Waals surface area contributed by atoms with E-state index in [1.807, 2.05) is 6.92 Å². The van der Waals surface area contributed by atoms with Gasteiger partial charge in [-0.25, -0.2) is 9.97 Å². The molecule has 0 aromatic carbocycles. The predicted octanol–water partition coefficient (Wildman–Crippen LogP) is 1.35. The molecule has 0 saturated carbocycles. The van der Waals surface area contributed by atoms with E-state index < -0.39 is 0 Å². The third kappa shape index (κ3) is 2.71. The van der Waals surface area contributed by atoms with Crippen LogP contribution in [-0.2, 0) is 4.74 Å². The second-order valence-electron chi connectivity index (χ2n) is 3.98. The molecule has 0 amide bonds. The molecule has 1 saturated heterocycles. The maximum atomic E-state index is 8.98. The Hall–Kier alpha value is -1.67. The van der Waals surface area contributed by atoms with Crippen molar-refractivity contribution in [3.05, 3.63) is 18.1 Å². The molecule has 90 valence electrons. The Morgan fingerprint density at radius 3 is 2.76 bits per heavy atom. The zero-order valence-corrected chi connectivity index (χ0v) is 9.96. The summed E-state index contributed by atoms with van der Waals surface area (Å²) in [6.45, 7) is 4.53. The fourth-order valence-corrected chi connectivity index (χ4v) is 2.11. The van der Waals surface area contributed by atoms with Crippen molar-refractivity contribution in [2.45, 2.75) is 25.9 Å². The lowest BCUT2D eigenvalue weighted by Crippen LogP contribution is -2.38. The fourth-order valence-electron chi connectivity index (χ4n) is 2.11. The van der Waals surface area contributed by atoms with Crippen LogP contribution in [0.3, 0.4) is 0 Å². The molecule has 1 aromatic heterocycles. The van der Waals surface area contributed by atoms with Crippen LogP contribution in [0.5, 0.6) is 0 Å². The zero-order valence-electron chi connectivity index (χ0n) is 9.96. The topological polar surface area (TPSA) is 62.0 Å². The van der Waals surface area contributed by atoms with Gasteiger partial charge in [-0.05, 0) is 19.8 Å². The third-order valence-corrected chi connectivity index (χ3v) is 2.93. The highest BCUT2D eigenvalue weighted by Gasteiger charge is 2.22. The second-order valence-corrected chi connectivity index (χ2v) is 3.98. The minimum absolute atomic E-state index is 0.346. The highest BCUT2D eigenvalue weighted by atomic mass is 16.5. The van der Waals surface area contributed by atoms with Crippen molar-refractivity contribution in [2.75, 3.05) is 24.6 Å². The highest BCUT2D eigenvalue weighted by molar-refractivity contribution is 5.49. The Morgan fingerprint density at radius 2 is 2.12 bits per heavy atom. The maximum Gasteiger partial charge on any atom is 0.183 e. The Kier molecular flexibility index (Phi) is 3.89. The molecule has 17 heavy (non-hydrogen) atoms. The highest BCUT2D eigenvalue weighted by Crippen LogP contribution is 2.21. The summed E-state index contributed by atoms with van der Waals surface area (Å²) in [6, 6.07) is 2.08. The Balaban J connectivity index is 2.03. The van der Waals surface area contributed by atoms with E-state index in [1.165, 1.54) is 0 Å². The summed E-state index contributed by atoms with van der Waals surface area (Å²) in [5, 5.41) is 8.98. The van der Waals surface area contributed by atoms with Gasteiger partial charge in [-0.15, -0.1) is 0 Å². The van der Waals surface area contributed by atoms with Gasteiger partial charge in [-0.1, -0.05) is 0 Å². The lowest BCUT2D eigenvalue weighted by Gasteiger charge is -2.32. The zero-order chi connectivity index (χ0) is 12.1. The first-order valence-corrected chi connectivity index (χ1v) is 5.92. The van der Waals surface area contributed by atoms with E-state index in [4.69, 9.17) is 10.00 Å². The number of hydrogen-bond donors (Lipinski definition) is 0. The second kappa shape index (κ2) is 5.60. The summed E-state index contributed by atoms with van der Waals surface area (Å²) in [6.07, 6.45) is 5.49. The van der Waals surface area contributed by atoms with Crippen molar-refractivity contribution < 1.29 is 4.74 Å². The van der Waals surface area contributed by atoms with Crippen molar-refractivity contribution in [3.8, 4) is 6.07 Å². The fraction of sp³-hybridized carbons (Fsp3) is 0.583. The van der Waals surface area contributed by atoms with E-state index in [0.29, 0.717) is 17.6 Å². The number of nitriles is 1. The van der Waals surface area contributed by atoms with E-state index in [0.717, 1.165) is 32.5 Å². The Morgan fingerprint density at radius 1 is 1.41 bits per heavy atom. The first-order chi connectivity index (χ1) is 8.35. The van der Waals surface area contributed by atoms with E-state index in [1.54, 1.807) is 12.4 Å². The van der Waals surface area contributed by atoms with Crippen LogP contribution < -0.4 is 4.90 Å². The molecule has 0 bridgehead atoms. The molecular formula is C12H16N4O. The van der Waals surface area contributed by atoms with Crippen molar-refractivity contribution in [2.24, 2.45) is 0 Å². The SMILES string of the molecule is CCOC1CCN(c2nccnc2C#N)CC1. The summed E-state index contributed by atoms with van der Waals surface area (Å²) in [7, 11) is 0. The minimum Gasteiger partial charge on any atom is -0.378 e. The summed E-state index contributed by atoms with van der Waals surface area (Å²) in [5.74, 6) is 0.699. The van der Waals surface area contributed by atoms with Gasteiger partial charge in [0.2, 0.25) is 0 Å². The predicted molar refractivity (Wildman–Crippen MR) is 63.6 cm³/mol. The van der Waals surface area contributed by atoms with Crippen LogP contribution in [0.15, 0.2) is 12.4 Å². The average Bonchev–Trinajstić information content (AvgIpc) is 2.40. The first-order valence-electron chi connectivity index (χ1n) is 5.92. The normalized spacial score (nSPS) is 16.8. The number of piperidine rings is 1. The van der Waals surface area contributed by atoms with Crippen molar-refractivity contribution in [1.82, 2.24) is 9.97 Å². The molecule has 5 heteroatoms. The molecule has 1 fully saturated rings. The van der Waals surface area contributed by atoms with Crippen LogP contribution in [0, 0.1) is 11.3 Å². The van der Waals surface area contributed by atoms with Crippen LogP contribution in [0.4, 0.5) is 5.82 Å². The van der Waals surface area contributed by atoms with Crippen LogP contribution in [-0.4, -0.2) is 35.8 Å². The number of aromatic nitrogens is 2. The molecule has 0 radical (unpaired) electrons. The Bertz CT molecular complexity index is 407. The number of nitrogens with zero attached hydrogens (tertiary/aromatic N) is 4. The standard InChI is InChI=1S/C12H16N4O/c1-2-17-10-3-7-16(8-4-10)12-11(9-13)14-5-6-15-12/h5-6,10H,2-4,7-8H2,1H3. The van der Waals surface area contributed by atoms with E-state index >= 15 is 0 Å². The molecular weight excluding hydrogens is 216 g/mol. The molecule has 2 heterocycles. The van der Waals surface area contributed by atoms with Crippen LogP contribution in [0.2, 0.25) is 0 Å². The number of anilines is 1. The molecule has 0 unspecified atom stereocenters. The lowest BCUT2D eigenvalue weighted by atomic mass is 10.1. The molecule has 0 aliphatic carbocycles. The largest absolute Gasteiger partial charge is 0.378 e. The number of rotatable bonds is 3. The quantitative estimate of drug-likeness (QED) is 0.787. The number of ether oxygens (including phenoxy) is 1. The van der Waals surface area contributed by atoms with Gasteiger partial charge < -0.3 is 9.64 Å². The average molecular weight is 232 g/mol. The summed E-state index contributed by atoms with van der Waals surface area (Å²) in [4.78, 5) is 10.4.